The van der Waals surface area contributed by atoms with Crippen LogP contribution in [-0.2, 0) is 0 Å². The summed E-state index contributed by atoms with van der Waals surface area (Å²) in [4.78, 5) is 15.2. The highest BCUT2D eigenvalue weighted by atomic mass is 79.9. The van der Waals surface area contributed by atoms with Gasteiger partial charge in [0.05, 0.1) is 4.47 Å². The Morgan fingerprint density at radius 2 is 2.19 bits per heavy atom. The monoisotopic (exact) mass is 278 g/mol. The molecule has 0 N–H and O–H groups in total. The van der Waals surface area contributed by atoms with Gasteiger partial charge in [0, 0.05) is 23.1 Å². The summed E-state index contributed by atoms with van der Waals surface area (Å²) in [6.07, 6.45) is 2.61. The fraction of sp³-hybridized carbons (Fsp3) is 0.167. The van der Waals surface area contributed by atoms with Gasteiger partial charge in [0.25, 0.3) is 0 Å². The molecule has 0 unspecified atom stereocenters. The van der Waals surface area contributed by atoms with Crippen LogP contribution >= 0.6 is 15.9 Å². The molecule has 0 aliphatic carbocycles. The number of pyridine rings is 1. The molecule has 0 bridgehead atoms. The van der Waals surface area contributed by atoms with E-state index in [1.54, 1.807) is 6.20 Å². The Kier molecular flexibility index (Phi) is 2.92. The molecule has 2 heterocycles. The first-order valence-electron chi connectivity index (χ1n) is 4.90. The van der Waals surface area contributed by atoms with E-state index in [9.17, 15) is 4.79 Å². The molecule has 82 valence electrons. The number of aryl methyl sites for hydroxylation is 1. The predicted molar refractivity (Wildman–Crippen MR) is 66.1 cm³/mol. The van der Waals surface area contributed by atoms with Crippen LogP contribution in [0.15, 0.2) is 28.9 Å². The zero-order valence-electron chi connectivity index (χ0n) is 9.07. The van der Waals surface area contributed by atoms with Crippen LogP contribution < -0.4 is 0 Å². The van der Waals surface area contributed by atoms with Gasteiger partial charge in [0.2, 0.25) is 0 Å². The van der Waals surface area contributed by atoms with Crippen molar-refractivity contribution in [3.8, 4) is 5.82 Å². The average molecular weight is 279 g/mol. The van der Waals surface area contributed by atoms with Gasteiger partial charge in [-0.2, -0.15) is 0 Å². The van der Waals surface area contributed by atoms with E-state index in [0.29, 0.717) is 5.56 Å². The number of nitrogens with zero attached hydrogens (tertiary/aromatic N) is 2. The zero-order chi connectivity index (χ0) is 11.7. The molecular formula is C12H11BrN2O. The molecule has 0 radical (unpaired) electrons. The van der Waals surface area contributed by atoms with Gasteiger partial charge in [-0.3, -0.25) is 4.79 Å². The topological polar surface area (TPSA) is 34.9 Å². The van der Waals surface area contributed by atoms with Crippen molar-refractivity contribution in [2.24, 2.45) is 0 Å². The zero-order valence-corrected chi connectivity index (χ0v) is 10.7. The quantitative estimate of drug-likeness (QED) is 0.792. The maximum atomic E-state index is 10.9. The molecule has 2 rings (SSSR count). The van der Waals surface area contributed by atoms with E-state index in [-0.39, 0.29) is 0 Å². The second kappa shape index (κ2) is 4.22. The molecule has 0 saturated carbocycles. The third-order valence-corrected chi connectivity index (χ3v) is 3.17. The molecule has 4 heteroatoms. The number of hydrogen-bond acceptors (Lipinski definition) is 2. The molecule has 2 aromatic rings. The van der Waals surface area contributed by atoms with Crippen LogP contribution in [0.2, 0.25) is 0 Å². The second-order valence-electron chi connectivity index (χ2n) is 3.59. The summed E-state index contributed by atoms with van der Waals surface area (Å²) in [5, 5.41) is 0. The fourth-order valence-electron chi connectivity index (χ4n) is 1.77. The summed E-state index contributed by atoms with van der Waals surface area (Å²) in [5.74, 6) is 0.811. The Morgan fingerprint density at radius 3 is 2.75 bits per heavy atom. The van der Waals surface area contributed by atoms with E-state index in [0.717, 1.165) is 28.0 Å². The molecule has 0 fully saturated rings. The summed E-state index contributed by atoms with van der Waals surface area (Å²) >= 11 is 3.46. The smallest absolute Gasteiger partial charge is 0.151 e. The van der Waals surface area contributed by atoms with Gasteiger partial charge >= 0.3 is 0 Å². The highest BCUT2D eigenvalue weighted by Gasteiger charge is 2.12. The Bertz CT molecular complexity index is 546. The molecule has 0 amide bonds. The van der Waals surface area contributed by atoms with Crippen molar-refractivity contribution in [3.63, 3.8) is 0 Å². The van der Waals surface area contributed by atoms with Crippen molar-refractivity contribution >= 4 is 22.2 Å². The fourth-order valence-corrected chi connectivity index (χ4v) is 2.21. The standard InChI is InChI=1S/C12H11BrN2O/c1-8-6-10(7-16)9(2)15(8)12-11(13)4-3-5-14-12/h3-7H,1-2H3. The molecule has 3 nitrogen and oxygen atoms in total. The van der Waals surface area contributed by atoms with Gasteiger partial charge in [0.1, 0.15) is 0 Å². The summed E-state index contributed by atoms with van der Waals surface area (Å²) < 4.78 is 2.88. The molecule has 2 aromatic heterocycles. The number of rotatable bonds is 2. The minimum absolute atomic E-state index is 0.704. The van der Waals surface area contributed by atoms with Crippen molar-refractivity contribution in [1.29, 1.82) is 0 Å². The van der Waals surface area contributed by atoms with Crippen LogP contribution in [0.1, 0.15) is 21.7 Å². The number of aldehydes is 1. The van der Waals surface area contributed by atoms with Gasteiger partial charge in [-0.25, -0.2) is 4.98 Å². The Hall–Kier alpha value is -1.42. The Balaban J connectivity index is 2.69. The summed E-state index contributed by atoms with van der Waals surface area (Å²) in [6.45, 7) is 3.87. The van der Waals surface area contributed by atoms with E-state index in [1.165, 1.54) is 0 Å². The van der Waals surface area contributed by atoms with Crippen LogP contribution in [0.3, 0.4) is 0 Å². The highest BCUT2D eigenvalue weighted by molar-refractivity contribution is 9.10. The summed E-state index contributed by atoms with van der Waals surface area (Å²) in [7, 11) is 0. The third-order valence-electron chi connectivity index (χ3n) is 2.55. The van der Waals surface area contributed by atoms with Crippen LogP contribution in [0.25, 0.3) is 5.82 Å². The second-order valence-corrected chi connectivity index (χ2v) is 4.44. The van der Waals surface area contributed by atoms with E-state index in [4.69, 9.17) is 0 Å². The molecule has 0 aliphatic heterocycles. The molecule has 0 saturated heterocycles. The van der Waals surface area contributed by atoms with E-state index in [2.05, 4.69) is 20.9 Å². The normalized spacial score (nSPS) is 10.4. The first-order chi connectivity index (χ1) is 7.65. The lowest BCUT2D eigenvalue weighted by Crippen LogP contribution is -2.02. The molecule has 0 spiro atoms. The number of carbonyl (C=O) groups excluding carboxylic acids is 1. The number of hydrogen-bond donors (Lipinski definition) is 0. The van der Waals surface area contributed by atoms with Crippen molar-refractivity contribution in [1.82, 2.24) is 9.55 Å². The largest absolute Gasteiger partial charge is 0.302 e. The van der Waals surface area contributed by atoms with Gasteiger partial charge in [-0.15, -0.1) is 0 Å². The van der Waals surface area contributed by atoms with Crippen molar-refractivity contribution in [2.45, 2.75) is 13.8 Å². The van der Waals surface area contributed by atoms with E-state index in [1.807, 2.05) is 36.6 Å². The summed E-state index contributed by atoms with van der Waals surface area (Å²) in [6, 6.07) is 5.66. The number of carbonyl (C=O) groups is 1. The maximum Gasteiger partial charge on any atom is 0.151 e. The molecule has 0 atom stereocenters. The van der Waals surface area contributed by atoms with E-state index < -0.39 is 0 Å². The maximum absolute atomic E-state index is 10.9. The molecule has 16 heavy (non-hydrogen) atoms. The third kappa shape index (κ3) is 1.69. The van der Waals surface area contributed by atoms with Crippen LogP contribution in [0.4, 0.5) is 0 Å². The minimum atomic E-state index is 0.704. The predicted octanol–water partition coefficient (Wildman–Crippen LogP) is 3.06. The van der Waals surface area contributed by atoms with Crippen LogP contribution in [-0.4, -0.2) is 15.8 Å². The van der Waals surface area contributed by atoms with Gasteiger partial charge in [0.15, 0.2) is 12.1 Å². The SMILES string of the molecule is Cc1cc(C=O)c(C)n1-c1ncccc1Br. The number of aromatic nitrogens is 2. The Morgan fingerprint density at radius 1 is 1.44 bits per heavy atom. The van der Waals surface area contributed by atoms with Gasteiger partial charge in [-0.05, 0) is 48.0 Å². The highest BCUT2D eigenvalue weighted by Crippen LogP contribution is 2.23. The van der Waals surface area contributed by atoms with Gasteiger partial charge < -0.3 is 4.57 Å². The van der Waals surface area contributed by atoms with E-state index >= 15 is 0 Å². The minimum Gasteiger partial charge on any atom is -0.302 e. The molecule has 0 aromatic carbocycles. The first-order valence-corrected chi connectivity index (χ1v) is 5.69. The average Bonchev–Trinajstić information content (AvgIpc) is 2.55. The first kappa shape index (κ1) is 11.1. The van der Waals surface area contributed by atoms with Gasteiger partial charge in [-0.1, -0.05) is 0 Å². The van der Waals surface area contributed by atoms with Crippen molar-refractivity contribution in [2.75, 3.05) is 0 Å². The van der Waals surface area contributed by atoms with Crippen LogP contribution in [0, 0.1) is 13.8 Å². The lowest BCUT2D eigenvalue weighted by atomic mass is 10.3. The number of halogens is 1. The lowest BCUT2D eigenvalue weighted by Gasteiger charge is -2.09. The van der Waals surface area contributed by atoms with Crippen molar-refractivity contribution < 1.29 is 4.79 Å². The van der Waals surface area contributed by atoms with Crippen molar-refractivity contribution in [3.05, 3.63) is 45.8 Å². The lowest BCUT2D eigenvalue weighted by molar-refractivity contribution is 0.112. The molecular weight excluding hydrogens is 268 g/mol. The molecule has 0 aliphatic rings. The summed E-state index contributed by atoms with van der Waals surface area (Å²) in [5.41, 5.74) is 2.61. The Labute approximate surface area is 102 Å². The van der Waals surface area contributed by atoms with Crippen LogP contribution in [0.5, 0.6) is 0 Å².